The molecule has 0 bridgehead atoms. The van der Waals surface area contributed by atoms with Crippen LogP contribution < -0.4 is 5.32 Å². The molecule has 1 aliphatic carbocycles. The molecular formula is C24H27FN2O3. The van der Waals surface area contributed by atoms with Gasteiger partial charge in [-0.2, -0.15) is 0 Å². The zero-order valence-corrected chi connectivity index (χ0v) is 17.2. The molecule has 1 atom stereocenters. The second-order valence-electron chi connectivity index (χ2n) is 8.10. The van der Waals surface area contributed by atoms with Crippen molar-refractivity contribution in [3.63, 3.8) is 0 Å². The van der Waals surface area contributed by atoms with Crippen LogP contribution in [0.3, 0.4) is 0 Å². The number of hydrogen-bond acceptors (Lipinski definition) is 3. The third-order valence-corrected chi connectivity index (χ3v) is 6.45. The Bertz CT molecular complexity index is 940. The predicted octanol–water partition coefficient (Wildman–Crippen LogP) is 4.35. The highest BCUT2D eigenvalue weighted by Gasteiger charge is 2.54. The summed E-state index contributed by atoms with van der Waals surface area (Å²) in [6.45, 7) is 0.824. The minimum Gasteiger partial charge on any atom is -0.383 e. The summed E-state index contributed by atoms with van der Waals surface area (Å²) < 4.78 is 19.5. The second-order valence-corrected chi connectivity index (χ2v) is 8.10. The lowest BCUT2D eigenvalue weighted by Crippen LogP contribution is -2.62. The molecule has 4 rings (SSSR count). The summed E-state index contributed by atoms with van der Waals surface area (Å²) in [6, 6.07) is 13.5. The normalized spacial score (nSPS) is 20.1. The van der Waals surface area contributed by atoms with Gasteiger partial charge < -0.3 is 15.0 Å². The van der Waals surface area contributed by atoms with Crippen LogP contribution in [0.2, 0.25) is 0 Å². The van der Waals surface area contributed by atoms with Gasteiger partial charge in [-0.3, -0.25) is 9.59 Å². The van der Waals surface area contributed by atoms with Gasteiger partial charge in [-0.1, -0.05) is 49.6 Å². The second kappa shape index (κ2) is 8.56. The highest BCUT2D eigenvalue weighted by Crippen LogP contribution is 2.49. The fourth-order valence-electron chi connectivity index (χ4n) is 5.12. The van der Waals surface area contributed by atoms with Crippen molar-refractivity contribution in [1.29, 1.82) is 0 Å². The van der Waals surface area contributed by atoms with Gasteiger partial charge >= 0.3 is 0 Å². The molecule has 1 fully saturated rings. The van der Waals surface area contributed by atoms with Crippen molar-refractivity contribution >= 4 is 17.5 Å². The number of hydrogen-bond donors (Lipinski definition) is 1. The van der Waals surface area contributed by atoms with E-state index in [1.165, 1.54) is 6.07 Å². The zero-order valence-electron chi connectivity index (χ0n) is 17.2. The van der Waals surface area contributed by atoms with Gasteiger partial charge in [0.25, 0.3) is 5.91 Å². The lowest BCUT2D eigenvalue weighted by molar-refractivity contribution is -0.122. The van der Waals surface area contributed by atoms with Crippen LogP contribution in [0.1, 0.15) is 53.9 Å². The van der Waals surface area contributed by atoms with E-state index in [0.717, 1.165) is 37.7 Å². The highest BCUT2D eigenvalue weighted by atomic mass is 19.1. The molecule has 1 N–H and O–H groups in total. The number of anilines is 1. The number of para-hydroxylation sites is 1. The Hall–Kier alpha value is -2.73. The Balaban J connectivity index is 1.81. The summed E-state index contributed by atoms with van der Waals surface area (Å²) in [5, 5.41) is 2.80. The summed E-state index contributed by atoms with van der Waals surface area (Å²) in [7, 11) is 1.61. The molecular weight excluding hydrogens is 383 g/mol. The summed E-state index contributed by atoms with van der Waals surface area (Å²) >= 11 is 0. The Morgan fingerprint density at radius 1 is 1.13 bits per heavy atom. The van der Waals surface area contributed by atoms with Crippen molar-refractivity contribution in [2.24, 2.45) is 0 Å². The monoisotopic (exact) mass is 410 g/mol. The Kier molecular flexibility index (Phi) is 5.86. The summed E-state index contributed by atoms with van der Waals surface area (Å²) in [5.74, 6) is -1.37. The van der Waals surface area contributed by atoms with E-state index < -0.39 is 17.3 Å². The van der Waals surface area contributed by atoms with Gasteiger partial charge in [0.2, 0.25) is 5.91 Å². The number of nitrogens with one attached hydrogen (secondary N) is 1. The van der Waals surface area contributed by atoms with E-state index in [-0.39, 0.29) is 17.5 Å². The van der Waals surface area contributed by atoms with E-state index in [9.17, 15) is 14.0 Å². The molecule has 1 saturated carbocycles. The molecule has 6 heteroatoms. The molecule has 1 aliphatic heterocycles. The van der Waals surface area contributed by atoms with E-state index in [2.05, 4.69) is 5.32 Å². The number of halogens is 1. The highest BCUT2D eigenvalue weighted by molar-refractivity contribution is 6.05. The average Bonchev–Trinajstić information content (AvgIpc) is 2.76. The van der Waals surface area contributed by atoms with Crippen LogP contribution in [0.15, 0.2) is 48.5 Å². The van der Waals surface area contributed by atoms with Crippen molar-refractivity contribution in [3.05, 3.63) is 65.5 Å². The summed E-state index contributed by atoms with van der Waals surface area (Å²) in [4.78, 5) is 28.9. The number of carbonyl (C=O) groups is 2. The molecule has 30 heavy (non-hydrogen) atoms. The average molecular weight is 410 g/mol. The van der Waals surface area contributed by atoms with Gasteiger partial charge in [0.05, 0.1) is 23.8 Å². The van der Waals surface area contributed by atoms with Gasteiger partial charge in [-0.15, -0.1) is 0 Å². The van der Waals surface area contributed by atoms with Crippen LogP contribution >= 0.6 is 0 Å². The third-order valence-electron chi connectivity index (χ3n) is 6.45. The minimum atomic E-state index is -0.627. The largest absolute Gasteiger partial charge is 0.383 e. The number of fused-ring (bicyclic) bond motifs is 1. The molecule has 2 aromatic carbocycles. The first-order chi connectivity index (χ1) is 14.6. The molecule has 0 aromatic heterocycles. The lowest BCUT2D eigenvalue weighted by atomic mass is 9.65. The number of carbonyl (C=O) groups excluding carboxylic acids is 2. The molecule has 2 aliphatic rings. The molecule has 5 nitrogen and oxygen atoms in total. The van der Waals surface area contributed by atoms with Crippen LogP contribution in [-0.2, 0) is 9.53 Å². The fraction of sp³-hybridized carbons (Fsp3) is 0.417. The van der Waals surface area contributed by atoms with Crippen LogP contribution in [0.4, 0.5) is 10.1 Å². The molecule has 2 aromatic rings. The van der Waals surface area contributed by atoms with Gasteiger partial charge in [0.1, 0.15) is 5.82 Å². The molecule has 1 spiro atoms. The van der Waals surface area contributed by atoms with E-state index >= 15 is 0 Å². The van der Waals surface area contributed by atoms with Gasteiger partial charge in [0.15, 0.2) is 0 Å². The third kappa shape index (κ3) is 3.49. The first-order valence-corrected chi connectivity index (χ1v) is 10.5. The van der Waals surface area contributed by atoms with E-state index in [0.29, 0.717) is 18.7 Å². The van der Waals surface area contributed by atoms with Crippen molar-refractivity contribution in [3.8, 4) is 0 Å². The van der Waals surface area contributed by atoms with Crippen molar-refractivity contribution in [2.45, 2.75) is 43.6 Å². The lowest BCUT2D eigenvalue weighted by Gasteiger charge is -2.53. The number of ether oxygens (including phenoxy) is 1. The molecule has 0 radical (unpaired) electrons. The fourth-order valence-corrected chi connectivity index (χ4v) is 5.12. The Morgan fingerprint density at radius 2 is 1.83 bits per heavy atom. The van der Waals surface area contributed by atoms with Crippen molar-refractivity contribution in [2.75, 3.05) is 25.6 Å². The van der Waals surface area contributed by atoms with Crippen LogP contribution in [-0.4, -0.2) is 42.5 Å². The zero-order chi connectivity index (χ0) is 21.1. The maximum Gasteiger partial charge on any atom is 0.254 e. The Labute approximate surface area is 176 Å². The van der Waals surface area contributed by atoms with E-state index in [4.69, 9.17) is 4.74 Å². The quantitative estimate of drug-likeness (QED) is 0.797. The van der Waals surface area contributed by atoms with Gasteiger partial charge in [-0.05, 0) is 36.6 Å². The topological polar surface area (TPSA) is 58.6 Å². The first kappa shape index (κ1) is 20.5. The van der Waals surface area contributed by atoms with E-state index in [1.807, 2.05) is 23.1 Å². The van der Waals surface area contributed by atoms with E-state index in [1.54, 1.807) is 31.4 Å². The standard InChI is InChI=1S/C24H27FN2O3/c1-30-16-15-27-23(29)18-10-4-3-9-17(18)21(24(27)13-7-2-8-14-24)22(28)26-20-12-6-5-11-19(20)25/h3-6,9-12,21H,2,7-8,13-16H2,1H3,(H,26,28)/t21-/m1/s1. The molecule has 158 valence electrons. The molecule has 2 amide bonds. The van der Waals surface area contributed by atoms with Gasteiger partial charge in [-0.25, -0.2) is 4.39 Å². The van der Waals surface area contributed by atoms with Crippen LogP contribution in [0, 0.1) is 5.82 Å². The van der Waals surface area contributed by atoms with Gasteiger partial charge in [0, 0.05) is 19.2 Å². The number of rotatable bonds is 5. The Morgan fingerprint density at radius 3 is 2.57 bits per heavy atom. The van der Waals surface area contributed by atoms with Crippen molar-refractivity contribution in [1.82, 2.24) is 4.90 Å². The maximum absolute atomic E-state index is 14.3. The van der Waals surface area contributed by atoms with Crippen LogP contribution in [0.25, 0.3) is 0 Å². The minimum absolute atomic E-state index is 0.0560. The number of benzene rings is 2. The predicted molar refractivity (Wildman–Crippen MR) is 113 cm³/mol. The molecule has 1 heterocycles. The number of amides is 2. The smallest absolute Gasteiger partial charge is 0.254 e. The van der Waals surface area contributed by atoms with Crippen LogP contribution in [0.5, 0.6) is 0 Å². The molecule has 0 unspecified atom stereocenters. The summed E-state index contributed by atoms with van der Waals surface area (Å²) in [5.41, 5.74) is 0.800. The number of methoxy groups -OCH3 is 1. The number of nitrogens with zero attached hydrogens (tertiary/aromatic N) is 1. The first-order valence-electron chi connectivity index (χ1n) is 10.5. The summed E-state index contributed by atoms with van der Waals surface area (Å²) in [6.07, 6.45) is 4.46. The van der Waals surface area contributed by atoms with Crippen molar-refractivity contribution < 1.29 is 18.7 Å². The maximum atomic E-state index is 14.3. The molecule has 0 saturated heterocycles. The SMILES string of the molecule is COCCN1C(=O)c2ccccc2[C@H](C(=O)Nc2ccccc2F)C12CCCCC2.